The number of ether oxygens (including phenoxy) is 1. The third-order valence-electron chi connectivity index (χ3n) is 7.18. The SMILES string of the molecule is CC(C)Sc1c(OCC(C)(C)C(=O)NS(C)(=O)=O)noc1C(=O)NC1C2CC3CC1CC(O)(C3)C2. The molecule has 35 heavy (non-hydrogen) atoms. The quantitative estimate of drug-likeness (QED) is 0.410. The predicted molar refractivity (Wildman–Crippen MR) is 130 cm³/mol. The zero-order valence-corrected chi connectivity index (χ0v) is 22.4. The molecular formula is C23H35N3O7S2. The average molecular weight is 530 g/mol. The fourth-order valence-corrected chi connectivity index (χ4v) is 7.42. The zero-order valence-electron chi connectivity index (χ0n) is 20.8. The lowest BCUT2D eigenvalue weighted by Gasteiger charge is -2.58. The minimum Gasteiger partial charge on any atom is -0.474 e. The summed E-state index contributed by atoms with van der Waals surface area (Å²) in [6.45, 7) is 6.87. The smallest absolute Gasteiger partial charge is 0.291 e. The van der Waals surface area contributed by atoms with Crippen LogP contribution in [0, 0.1) is 23.2 Å². The van der Waals surface area contributed by atoms with Crippen molar-refractivity contribution in [1.29, 1.82) is 0 Å². The lowest BCUT2D eigenvalue weighted by atomic mass is 9.52. The Morgan fingerprint density at radius 3 is 2.43 bits per heavy atom. The van der Waals surface area contributed by atoms with Gasteiger partial charge in [-0.2, -0.15) is 0 Å². The molecule has 0 spiro atoms. The average Bonchev–Trinajstić information content (AvgIpc) is 3.08. The second-order valence-electron chi connectivity index (χ2n) is 11.4. The summed E-state index contributed by atoms with van der Waals surface area (Å²) in [4.78, 5) is 26.1. The molecule has 10 nitrogen and oxygen atoms in total. The third kappa shape index (κ3) is 5.80. The fraction of sp³-hybridized carbons (Fsp3) is 0.783. The van der Waals surface area contributed by atoms with E-state index in [1.54, 1.807) is 13.8 Å². The van der Waals surface area contributed by atoms with Crippen LogP contribution >= 0.6 is 11.8 Å². The number of aromatic nitrogens is 1. The van der Waals surface area contributed by atoms with Crippen LogP contribution in [0.2, 0.25) is 0 Å². The molecule has 3 N–H and O–H groups in total. The molecule has 4 saturated carbocycles. The summed E-state index contributed by atoms with van der Waals surface area (Å²) in [6.07, 6.45) is 5.25. The Bertz CT molecular complexity index is 1080. The van der Waals surface area contributed by atoms with Gasteiger partial charge in [0.15, 0.2) is 0 Å². The molecule has 4 aliphatic carbocycles. The number of nitrogens with zero attached hydrogens (tertiary/aromatic N) is 1. The van der Waals surface area contributed by atoms with E-state index in [2.05, 4.69) is 10.5 Å². The van der Waals surface area contributed by atoms with Gasteiger partial charge in [-0.1, -0.05) is 13.8 Å². The minimum atomic E-state index is -3.71. The minimum absolute atomic E-state index is 0.00989. The number of thioether (sulfide) groups is 1. The summed E-state index contributed by atoms with van der Waals surface area (Å²) < 4.78 is 36.0. The molecule has 0 radical (unpaired) electrons. The monoisotopic (exact) mass is 529 g/mol. The van der Waals surface area contributed by atoms with Crippen molar-refractivity contribution in [2.24, 2.45) is 23.2 Å². The molecule has 0 saturated heterocycles. The van der Waals surface area contributed by atoms with E-state index in [1.807, 2.05) is 18.6 Å². The Morgan fingerprint density at radius 2 is 1.89 bits per heavy atom. The van der Waals surface area contributed by atoms with Crippen molar-refractivity contribution in [2.45, 2.75) is 81.6 Å². The number of nitrogens with one attached hydrogen (secondary N) is 2. The molecule has 4 bridgehead atoms. The summed E-state index contributed by atoms with van der Waals surface area (Å²) in [7, 11) is -3.71. The second-order valence-corrected chi connectivity index (χ2v) is 14.7. The molecule has 1 aromatic heterocycles. The molecule has 12 heteroatoms. The van der Waals surface area contributed by atoms with Gasteiger partial charge in [-0.05, 0) is 68.9 Å². The first kappa shape index (κ1) is 26.3. The van der Waals surface area contributed by atoms with E-state index in [4.69, 9.17) is 9.26 Å². The molecule has 4 fully saturated rings. The van der Waals surface area contributed by atoms with Gasteiger partial charge in [0.1, 0.15) is 11.5 Å². The van der Waals surface area contributed by atoms with Crippen LogP contribution in [-0.2, 0) is 14.8 Å². The largest absolute Gasteiger partial charge is 0.474 e. The summed E-state index contributed by atoms with van der Waals surface area (Å²) >= 11 is 1.37. The molecule has 0 aromatic carbocycles. The summed E-state index contributed by atoms with van der Waals surface area (Å²) in [5.74, 6) is 0.120. The maximum Gasteiger partial charge on any atom is 0.291 e. The van der Waals surface area contributed by atoms with Gasteiger partial charge in [0.05, 0.1) is 17.3 Å². The topological polar surface area (TPSA) is 148 Å². The number of rotatable bonds is 9. The van der Waals surface area contributed by atoms with Crippen LogP contribution in [0.5, 0.6) is 5.88 Å². The Balaban J connectivity index is 1.47. The number of carbonyl (C=O) groups is 2. The van der Waals surface area contributed by atoms with Gasteiger partial charge < -0.3 is 19.7 Å². The van der Waals surface area contributed by atoms with Gasteiger partial charge in [0, 0.05) is 11.3 Å². The number of hydrogen-bond acceptors (Lipinski definition) is 9. The highest BCUT2D eigenvalue weighted by atomic mass is 32.2. The highest BCUT2D eigenvalue weighted by molar-refractivity contribution is 8.00. The maximum absolute atomic E-state index is 13.3. The number of amides is 2. The van der Waals surface area contributed by atoms with Gasteiger partial charge in [0.25, 0.3) is 11.8 Å². The maximum atomic E-state index is 13.3. The van der Waals surface area contributed by atoms with Crippen LogP contribution in [0.3, 0.4) is 0 Å². The van der Waals surface area contributed by atoms with E-state index in [-0.39, 0.29) is 47.3 Å². The van der Waals surface area contributed by atoms with Crippen molar-refractivity contribution in [3.05, 3.63) is 5.76 Å². The summed E-state index contributed by atoms with van der Waals surface area (Å²) in [6, 6.07) is -0.00989. The van der Waals surface area contributed by atoms with Crippen molar-refractivity contribution >= 4 is 33.6 Å². The number of hydrogen-bond donors (Lipinski definition) is 3. The van der Waals surface area contributed by atoms with Crippen molar-refractivity contribution in [3.63, 3.8) is 0 Å². The predicted octanol–water partition coefficient (Wildman–Crippen LogP) is 2.33. The van der Waals surface area contributed by atoms with Gasteiger partial charge >= 0.3 is 0 Å². The highest BCUT2D eigenvalue weighted by Gasteiger charge is 2.55. The van der Waals surface area contributed by atoms with Crippen LogP contribution in [0.4, 0.5) is 0 Å². The molecule has 196 valence electrons. The third-order valence-corrected chi connectivity index (χ3v) is 8.80. The lowest BCUT2D eigenvalue weighted by Crippen LogP contribution is -2.61. The Morgan fingerprint density at radius 1 is 1.26 bits per heavy atom. The van der Waals surface area contributed by atoms with E-state index < -0.39 is 26.9 Å². The van der Waals surface area contributed by atoms with Crippen LogP contribution in [0.1, 0.15) is 70.4 Å². The van der Waals surface area contributed by atoms with Gasteiger partial charge in [-0.15, -0.1) is 11.8 Å². The first-order valence-corrected chi connectivity index (χ1v) is 14.8. The number of sulfonamides is 1. The van der Waals surface area contributed by atoms with Crippen molar-refractivity contribution in [1.82, 2.24) is 15.2 Å². The van der Waals surface area contributed by atoms with Crippen LogP contribution in [0.15, 0.2) is 9.42 Å². The summed E-state index contributed by atoms with van der Waals surface area (Å²) in [5.41, 5.74) is -1.76. The standard InChI is InChI=1S/C23H35N3O7S2/c1-12(2)34-18-17(33-25-20(18)32-11-22(3,4)21(28)26-35(5,30)31)19(27)24-16-14-6-13-7-15(16)10-23(29,8-13)9-14/h12-16,29H,6-11H2,1-5H3,(H,24,27)(H,26,28). The first-order chi connectivity index (χ1) is 16.2. The zero-order chi connectivity index (χ0) is 25.8. The van der Waals surface area contributed by atoms with Gasteiger partial charge in [0.2, 0.25) is 21.7 Å². The Hall–Kier alpha value is -1.79. The normalized spacial score (nSPS) is 29.9. The molecule has 2 unspecified atom stereocenters. The fourth-order valence-electron chi connectivity index (χ4n) is 5.90. The highest BCUT2D eigenvalue weighted by Crippen LogP contribution is 2.55. The number of carbonyl (C=O) groups excluding carboxylic acids is 2. The Labute approximate surface area is 210 Å². The molecule has 1 aromatic rings. The number of aliphatic hydroxyl groups is 1. The van der Waals surface area contributed by atoms with Crippen molar-refractivity contribution in [3.8, 4) is 5.88 Å². The van der Waals surface area contributed by atoms with Gasteiger partial charge in [-0.25, -0.2) is 8.42 Å². The molecular weight excluding hydrogens is 494 g/mol. The second kappa shape index (κ2) is 9.26. The molecule has 5 rings (SSSR count). The lowest BCUT2D eigenvalue weighted by molar-refractivity contribution is -0.137. The molecule has 1 heterocycles. The van der Waals surface area contributed by atoms with Gasteiger partial charge in [-0.3, -0.25) is 14.3 Å². The van der Waals surface area contributed by atoms with E-state index in [0.29, 0.717) is 23.7 Å². The Kier molecular flexibility index (Phi) is 6.95. The van der Waals surface area contributed by atoms with Crippen LogP contribution in [-0.4, -0.2) is 60.3 Å². The van der Waals surface area contributed by atoms with E-state index in [0.717, 1.165) is 25.5 Å². The molecule has 0 aliphatic heterocycles. The summed E-state index contributed by atoms with van der Waals surface area (Å²) in [5, 5.41) is 18.0. The first-order valence-electron chi connectivity index (χ1n) is 12.0. The van der Waals surface area contributed by atoms with E-state index in [1.165, 1.54) is 11.8 Å². The van der Waals surface area contributed by atoms with Crippen molar-refractivity contribution in [2.75, 3.05) is 12.9 Å². The van der Waals surface area contributed by atoms with Crippen LogP contribution in [0.25, 0.3) is 0 Å². The molecule has 4 aliphatic rings. The van der Waals surface area contributed by atoms with E-state index >= 15 is 0 Å². The van der Waals surface area contributed by atoms with Crippen LogP contribution < -0.4 is 14.8 Å². The van der Waals surface area contributed by atoms with Crippen molar-refractivity contribution < 1.29 is 32.4 Å². The van der Waals surface area contributed by atoms with E-state index in [9.17, 15) is 23.1 Å². The molecule has 2 atom stereocenters. The molecule has 2 amide bonds.